The molecule has 1 unspecified atom stereocenters. The molecule has 2 rings (SSSR count). The number of nitrogens with zero attached hydrogens (tertiary/aromatic N) is 1. The molecule has 0 aromatic carbocycles. The lowest BCUT2D eigenvalue weighted by molar-refractivity contribution is 0.435. The van der Waals surface area contributed by atoms with Crippen LogP contribution in [-0.4, -0.2) is 23.4 Å². The fraction of sp³-hybridized carbons (Fsp3) is 0.917. The van der Waals surface area contributed by atoms with Crippen molar-refractivity contribution < 1.29 is 0 Å². The average molecular weight is 226 g/mol. The Morgan fingerprint density at radius 2 is 1.87 bits per heavy atom. The van der Waals surface area contributed by atoms with Crippen molar-refractivity contribution >= 4 is 17.6 Å². The number of nitrogens with two attached hydrogens (primary N) is 1. The van der Waals surface area contributed by atoms with Gasteiger partial charge in [0.2, 0.25) is 0 Å². The van der Waals surface area contributed by atoms with Gasteiger partial charge in [-0.2, -0.15) is 11.8 Å². The first-order valence-electron chi connectivity index (χ1n) is 6.27. The second-order valence-electron chi connectivity index (χ2n) is 4.76. The van der Waals surface area contributed by atoms with E-state index in [-0.39, 0.29) is 0 Å². The molecule has 2 fully saturated rings. The third-order valence-corrected chi connectivity index (χ3v) is 4.69. The van der Waals surface area contributed by atoms with Crippen molar-refractivity contribution in [3.05, 3.63) is 0 Å². The molecule has 15 heavy (non-hydrogen) atoms. The number of thioether (sulfide) groups is 1. The van der Waals surface area contributed by atoms with Crippen LogP contribution in [0.5, 0.6) is 0 Å². The number of aliphatic imine (C=N–C) groups is 1. The van der Waals surface area contributed by atoms with Crippen molar-refractivity contribution in [2.24, 2.45) is 16.6 Å². The Hall–Kier alpha value is -0.180. The van der Waals surface area contributed by atoms with Gasteiger partial charge in [-0.05, 0) is 31.4 Å². The summed E-state index contributed by atoms with van der Waals surface area (Å²) in [5.41, 5.74) is 6.12. The molecule has 0 aromatic rings. The minimum Gasteiger partial charge on any atom is -0.387 e. The number of amidine groups is 1. The smallest absolute Gasteiger partial charge is 0.0972 e. The van der Waals surface area contributed by atoms with E-state index in [4.69, 9.17) is 10.7 Å². The van der Waals surface area contributed by atoms with Crippen molar-refractivity contribution in [2.75, 3.05) is 11.5 Å². The molecule has 0 spiro atoms. The first-order valence-corrected chi connectivity index (χ1v) is 7.42. The minimum atomic E-state index is 0.519. The van der Waals surface area contributed by atoms with Crippen molar-refractivity contribution in [3.8, 4) is 0 Å². The summed E-state index contributed by atoms with van der Waals surface area (Å²) >= 11 is 2.03. The molecule has 3 heteroatoms. The van der Waals surface area contributed by atoms with Crippen LogP contribution >= 0.6 is 11.8 Å². The third kappa shape index (κ3) is 3.40. The van der Waals surface area contributed by atoms with Crippen molar-refractivity contribution in [1.29, 1.82) is 0 Å². The summed E-state index contributed by atoms with van der Waals surface area (Å²) in [6, 6.07) is 0.519. The SMILES string of the molecule is NC(=NC1CCCSC1)C1CCCCC1. The van der Waals surface area contributed by atoms with Crippen molar-refractivity contribution in [1.82, 2.24) is 0 Å². The Kier molecular flexibility index (Phi) is 4.36. The molecule has 1 heterocycles. The highest BCUT2D eigenvalue weighted by molar-refractivity contribution is 7.99. The Morgan fingerprint density at radius 3 is 2.53 bits per heavy atom. The van der Waals surface area contributed by atoms with Gasteiger partial charge < -0.3 is 5.73 Å². The van der Waals surface area contributed by atoms with Crippen LogP contribution in [0, 0.1) is 5.92 Å². The summed E-state index contributed by atoms with van der Waals surface area (Å²) in [7, 11) is 0. The van der Waals surface area contributed by atoms with Gasteiger partial charge in [-0.15, -0.1) is 0 Å². The summed E-state index contributed by atoms with van der Waals surface area (Å²) in [5.74, 6) is 4.07. The predicted molar refractivity (Wildman–Crippen MR) is 68.5 cm³/mol. The summed E-state index contributed by atoms with van der Waals surface area (Å²) in [4.78, 5) is 4.73. The lowest BCUT2D eigenvalue weighted by Gasteiger charge is -2.24. The van der Waals surface area contributed by atoms with Gasteiger partial charge in [0.1, 0.15) is 0 Å². The van der Waals surface area contributed by atoms with E-state index < -0.39 is 0 Å². The average Bonchev–Trinajstić information content (AvgIpc) is 2.31. The van der Waals surface area contributed by atoms with E-state index in [9.17, 15) is 0 Å². The monoisotopic (exact) mass is 226 g/mol. The van der Waals surface area contributed by atoms with Crippen LogP contribution < -0.4 is 5.73 Å². The number of rotatable bonds is 2. The van der Waals surface area contributed by atoms with Gasteiger partial charge in [0.25, 0.3) is 0 Å². The normalized spacial score (nSPS) is 30.4. The fourth-order valence-corrected chi connectivity index (χ4v) is 3.59. The highest BCUT2D eigenvalue weighted by Gasteiger charge is 2.19. The minimum absolute atomic E-state index is 0.519. The Labute approximate surface area is 97.1 Å². The van der Waals surface area contributed by atoms with Crippen LogP contribution in [0.25, 0.3) is 0 Å². The van der Waals surface area contributed by atoms with Gasteiger partial charge in [0, 0.05) is 11.7 Å². The van der Waals surface area contributed by atoms with Crippen LogP contribution in [0.1, 0.15) is 44.9 Å². The molecule has 1 aliphatic carbocycles. The highest BCUT2D eigenvalue weighted by atomic mass is 32.2. The predicted octanol–water partition coefficient (Wildman–Crippen LogP) is 2.82. The van der Waals surface area contributed by atoms with Gasteiger partial charge in [-0.25, -0.2) is 0 Å². The fourth-order valence-electron chi connectivity index (χ4n) is 2.54. The van der Waals surface area contributed by atoms with E-state index in [1.807, 2.05) is 11.8 Å². The van der Waals surface area contributed by atoms with Gasteiger partial charge in [-0.1, -0.05) is 19.3 Å². The molecule has 1 saturated carbocycles. The topological polar surface area (TPSA) is 38.4 Å². The van der Waals surface area contributed by atoms with Crippen molar-refractivity contribution in [3.63, 3.8) is 0 Å². The van der Waals surface area contributed by atoms with Gasteiger partial charge in [0.15, 0.2) is 0 Å². The van der Waals surface area contributed by atoms with Gasteiger partial charge >= 0.3 is 0 Å². The highest BCUT2D eigenvalue weighted by Crippen LogP contribution is 2.25. The second kappa shape index (κ2) is 5.78. The summed E-state index contributed by atoms with van der Waals surface area (Å²) < 4.78 is 0. The molecule has 1 aliphatic heterocycles. The van der Waals surface area contributed by atoms with E-state index in [0.717, 1.165) is 5.84 Å². The molecular formula is C12H22N2S. The van der Waals surface area contributed by atoms with Crippen LogP contribution in [0.15, 0.2) is 4.99 Å². The van der Waals surface area contributed by atoms with E-state index in [2.05, 4.69) is 0 Å². The largest absolute Gasteiger partial charge is 0.387 e. The maximum atomic E-state index is 6.12. The molecule has 0 bridgehead atoms. The van der Waals surface area contributed by atoms with Crippen LogP contribution in [0.3, 0.4) is 0 Å². The van der Waals surface area contributed by atoms with E-state index in [0.29, 0.717) is 12.0 Å². The number of hydrogen-bond acceptors (Lipinski definition) is 2. The maximum Gasteiger partial charge on any atom is 0.0972 e. The zero-order valence-electron chi connectivity index (χ0n) is 9.45. The Balaban J connectivity index is 1.86. The lowest BCUT2D eigenvalue weighted by Crippen LogP contribution is -2.29. The Bertz CT molecular complexity index is 216. The van der Waals surface area contributed by atoms with E-state index in [1.165, 1.54) is 56.5 Å². The summed E-state index contributed by atoms with van der Waals surface area (Å²) in [6.07, 6.45) is 9.20. The molecule has 2 nitrogen and oxygen atoms in total. The van der Waals surface area contributed by atoms with E-state index >= 15 is 0 Å². The molecular weight excluding hydrogens is 204 g/mol. The first-order chi connectivity index (χ1) is 7.36. The number of hydrogen-bond donors (Lipinski definition) is 1. The van der Waals surface area contributed by atoms with Crippen LogP contribution in [-0.2, 0) is 0 Å². The standard InChI is InChI=1S/C12H22N2S/c13-12(10-5-2-1-3-6-10)14-11-7-4-8-15-9-11/h10-11H,1-9H2,(H2,13,14). The van der Waals surface area contributed by atoms with E-state index in [1.54, 1.807) is 0 Å². The molecule has 2 N–H and O–H groups in total. The zero-order chi connectivity index (χ0) is 10.5. The quantitative estimate of drug-likeness (QED) is 0.581. The second-order valence-corrected chi connectivity index (χ2v) is 5.91. The first kappa shape index (κ1) is 11.3. The molecule has 86 valence electrons. The van der Waals surface area contributed by atoms with Crippen LogP contribution in [0.2, 0.25) is 0 Å². The van der Waals surface area contributed by atoms with Gasteiger partial charge in [0.05, 0.1) is 11.9 Å². The summed E-state index contributed by atoms with van der Waals surface area (Å²) in [6.45, 7) is 0. The maximum absolute atomic E-state index is 6.12. The third-order valence-electron chi connectivity index (χ3n) is 3.49. The molecule has 0 aromatic heterocycles. The van der Waals surface area contributed by atoms with Gasteiger partial charge in [-0.3, -0.25) is 4.99 Å². The molecule has 0 amide bonds. The molecule has 0 radical (unpaired) electrons. The zero-order valence-corrected chi connectivity index (χ0v) is 10.3. The summed E-state index contributed by atoms with van der Waals surface area (Å²) in [5, 5.41) is 0. The molecule has 1 saturated heterocycles. The Morgan fingerprint density at radius 1 is 1.07 bits per heavy atom. The van der Waals surface area contributed by atoms with Crippen molar-refractivity contribution in [2.45, 2.75) is 51.0 Å². The molecule has 1 atom stereocenters. The van der Waals surface area contributed by atoms with Crippen LogP contribution in [0.4, 0.5) is 0 Å². The molecule has 2 aliphatic rings. The lowest BCUT2D eigenvalue weighted by atomic mass is 9.88.